The minimum absolute atomic E-state index is 0.0940. The Morgan fingerprint density at radius 3 is 2.45 bits per heavy atom. The molecule has 0 bridgehead atoms. The van der Waals surface area contributed by atoms with Crippen molar-refractivity contribution in [1.82, 2.24) is 9.88 Å². The summed E-state index contributed by atoms with van der Waals surface area (Å²) in [5.41, 5.74) is -1.85. The molecule has 1 aromatic carbocycles. The first kappa shape index (κ1) is 28.5. The number of hydrogen-bond acceptors (Lipinski definition) is 9. The van der Waals surface area contributed by atoms with Crippen LogP contribution in [0, 0.1) is 11.3 Å². The fraction of sp³-hybridized carbons (Fsp3) is 0.440. The molecule has 204 valence electrons. The molecular weight excluding hydrogens is 507 g/mol. The average molecular weight is 536 g/mol. The number of carbonyl (C=O) groups is 2. The predicted octanol–water partition coefficient (Wildman–Crippen LogP) is 3.92. The minimum Gasteiger partial charge on any atom is -0.492 e. The molecule has 2 aromatic rings. The van der Waals surface area contributed by atoms with Crippen molar-refractivity contribution < 1.29 is 37.0 Å². The monoisotopic (exact) mass is 535 g/mol. The number of para-hydroxylation sites is 2. The Balaban J connectivity index is 1.58. The van der Waals surface area contributed by atoms with Crippen molar-refractivity contribution in [1.29, 1.82) is 5.26 Å². The van der Waals surface area contributed by atoms with Gasteiger partial charge < -0.3 is 19.1 Å². The van der Waals surface area contributed by atoms with Gasteiger partial charge in [0, 0.05) is 32.7 Å². The molecule has 2 heterocycles. The second-order valence-electron chi connectivity index (χ2n) is 8.10. The molecule has 1 saturated heterocycles. The number of anilines is 2. The number of halogens is 3. The molecule has 1 aliphatic rings. The Morgan fingerprint density at radius 2 is 1.82 bits per heavy atom. The van der Waals surface area contributed by atoms with E-state index >= 15 is 0 Å². The fourth-order valence-corrected chi connectivity index (χ4v) is 3.86. The van der Waals surface area contributed by atoms with Crippen molar-refractivity contribution in [3.63, 3.8) is 0 Å². The molecule has 1 amide bonds. The quantitative estimate of drug-likeness (QED) is 0.477. The topological polar surface area (TPSA) is 117 Å². The van der Waals surface area contributed by atoms with Crippen molar-refractivity contribution in [3.05, 3.63) is 47.2 Å². The van der Waals surface area contributed by atoms with Crippen molar-refractivity contribution >= 4 is 23.6 Å². The molecule has 0 spiro atoms. The summed E-state index contributed by atoms with van der Waals surface area (Å²) in [6.07, 6.45) is -5.55. The third-order valence-corrected chi connectivity index (χ3v) is 5.62. The smallest absolute Gasteiger partial charge is 0.434 e. The number of rotatable bonds is 9. The third kappa shape index (κ3) is 7.25. The van der Waals surface area contributed by atoms with Gasteiger partial charge in [0.05, 0.1) is 30.0 Å². The molecule has 0 atom stereocenters. The van der Waals surface area contributed by atoms with E-state index in [9.17, 15) is 28.0 Å². The molecular formula is C25H28F3N5O5. The van der Waals surface area contributed by atoms with Crippen LogP contribution in [0.15, 0.2) is 30.3 Å². The Hall–Kier alpha value is -4.05. The van der Waals surface area contributed by atoms with Gasteiger partial charge in [-0.25, -0.2) is 14.6 Å². The second-order valence-corrected chi connectivity index (χ2v) is 8.10. The summed E-state index contributed by atoms with van der Waals surface area (Å²) in [5, 5.41) is 12.2. The first-order chi connectivity index (χ1) is 18.2. The predicted molar refractivity (Wildman–Crippen MR) is 131 cm³/mol. The number of nitriles is 1. The highest BCUT2D eigenvalue weighted by Gasteiger charge is 2.39. The Kier molecular flexibility index (Phi) is 9.72. The molecule has 1 fully saturated rings. The van der Waals surface area contributed by atoms with Crippen LogP contribution in [0.3, 0.4) is 0 Å². The maximum atomic E-state index is 13.7. The van der Waals surface area contributed by atoms with E-state index in [-0.39, 0.29) is 37.7 Å². The summed E-state index contributed by atoms with van der Waals surface area (Å²) in [4.78, 5) is 31.5. The summed E-state index contributed by atoms with van der Waals surface area (Å²) in [6, 6.07) is 9.68. The van der Waals surface area contributed by atoms with Gasteiger partial charge in [-0.1, -0.05) is 12.1 Å². The van der Waals surface area contributed by atoms with E-state index in [0.717, 1.165) is 6.07 Å². The normalized spacial score (nSPS) is 13.9. The van der Waals surface area contributed by atoms with Gasteiger partial charge in [0.15, 0.2) is 5.69 Å². The Bertz CT molecular complexity index is 1180. The highest BCUT2D eigenvalue weighted by atomic mass is 19.4. The number of nitrogens with one attached hydrogen (secondary N) is 1. The van der Waals surface area contributed by atoms with Crippen LogP contribution in [-0.4, -0.2) is 74.5 Å². The Morgan fingerprint density at radius 1 is 1.11 bits per heavy atom. The molecule has 1 aliphatic heterocycles. The lowest BCUT2D eigenvalue weighted by atomic mass is 10.1. The van der Waals surface area contributed by atoms with Gasteiger partial charge in [-0.15, -0.1) is 0 Å². The summed E-state index contributed by atoms with van der Waals surface area (Å²) in [5.74, 6) is -0.806. The number of nitrogens with zero attached hydrogens (tertiary/aromatic N) is 4. The number of esters is 1. The van der Waals surface area contributed by atoms with Gasteiger partial charge in [-0.05, 0) is 32.0 Å². The highest BCUT2D eigenvalue weighted by molar-refractivity contribution is 5.92. The summed E-state index contributed by atoms with van der Waals surface area (Å²) in [6.45, 7) is 5.57. The molecule has 10 nitrogen and oxygen atoms in total. The third-order valence-electron chi connectivity index (χ3n) is 5.62. The number of pyridine rings is 1. The van der Waals surface area contributed by atoms with Crippen LogP contribution in [-0.2, 0) is 15.7 Å². The van der Waals surface area contributed by atoms with Crippen LogP contribution < -0.4 is 15.0 Å². The number of amides is 1. The van der Waals surface area contributed by atoms with E-state index in [0.29, 0.717) is 37.7 Å². The van der Waals surface area contributed by atoms with Crippen LogP contribution in [0.2, 0.25) is 0 Å². The molecule has 13 heteroatoms. The Labute approximate surface area is 217 Å². The van der Waals surface area contributed by atoms with E-state index in [1.54, 1.807) is 29.2 Å². The number of hydrogen-bond donors (Lipinski definition) is 1. The van der Waals surface area contributed by atoms with Gasteiger partial charge in [0.2, 0.25) is 0 Å². The van der Waals surface area contributed by atoms with Crippen molar-refractivity contribution in [2.75, 3.05) is 62.8 Å². The van der Waals surface area contributed by atoms with E-state index in [2.05, 4.69) is 10.3 Å². The standard InChI is InChI=1S/C25H28F3N5O5/c1-3-36-20-8-6-5-7-19(20)30-24(35)38-14-13-32-9-11-33(12-10-32)22-17(16-29)15-18(23(34)37-4-2)21(31-22)25(26,27)28/h5-8,15H,3-4,9-14H2,1-2H3,(H,30,35). The second kappa shape index (κ2) is 13.0. The van der Waals surface area contributed by atoms with Crippen LogP contribution in [0.5, 0.6) is 5.75 Å². The van der Waals surface area contributed by atoms with Crippen LogP contribution >= 0.6 is 0 Å². The van der Waals surface area contributed by atoms with E-state index < -0.39 is 29.5 Å². The van der Waals surface area contributed by atoms with Crippen molar-refractivity contribution in [3.8, 4) is 11.8 Å². The SMILES string of the molecule is CCOC(=O)c1cc(C#N)c(N2CCN(CCOC(=O)Nc3ccccc3OCC)CC2)nc1C(F)(F)F. The maximum Gasteiger partial charge on any atom is 0.434 e. The molecule has 3 rings (SSSR count). The molecule has 0 aliphatic carbocycles. The largest absolute Gasteiger partial charge is 0.492 e. The molecule has 0 radical (unpaired) electrons. The minimum atomic E-state index is -4.91. The van der Waals surface area contributed by atoms with Gasteiger partial charge in [0.1, 0.15) is 24.2 Å². The lowest BCUT2D eigenvalue weighted by Crippen LogP contribution is -2.48. The molecule has 0 saturated carbocycles. The molecule has 1 N–H and O–H groups in total. The first-order valence-corrected chi connectivity index (χ1v) is 12.0. The summed E-state index contributed by atoms with van der Waals surface area (Å²) in [7, 11) is 0. The molecule has 1 aromatic heterocycles. The molecule has 0 unspecified atom stereocenters. The van der Waals surface area contributed by atoms with E-state index in [1.165, 1.54) is 6.92 Å². The number of aromatic nitrogens is 1. The van der Waals surface area contributed by atoms with Gasteiger partial charge in [0.25, 0.3) is 0 Å². The number of alkyl halides is 3. The zero-order chi connectivity index (χ0) is 27.7. The lowest BCUT2D eigenvalue weighted by Gasteiger charge is -2.35. The average Bonchev–Trinajstić information content (AvgIpc) is 2.89. The fourth-order valence-electron chi connectivity index (χ4n) is 3.86. The first-order valence-electron chi connectivity index (χ1n) is 12.0. The van der Waals surface area contributed by atoms with E-state index in [4.69, 9.17) is 14.2 Å². The van der Waals surface area contributed by atoms with Crippen molar-refractivity contribution in [2.24, 2.45) is 0 Å². The highest BCUT2D eigenvalue weighted by Crippen LogP contribution is 2.34. The number of carbonyl (C=O) groups excluding carboxylic acids is 2. The number of piperazine rings is 1. The zero-order valence-corrected chi connectivity index (χ0v) is 21.0. The van der Waals surface area contributed by atoms with Gasteiger partial charge in [-0.2, -0.15) is 18.4 Å². The van der Waals surface area contributed by atoms with Crippen LogP contribution in [0.1, 0.15) is 35.5 Å². The van der Waals surface area contributed by atoms with Crippen LogP contribution in [0.4, 0.5) is 29.5 Å². The lowest BCUT2D eigenvalue weighted by molar-refractivity contribution is -0.141. The molecule has 38 heavy (non-hydrogen) atoms. The van der Waals surface area contributed by atoms with Gasteiger partial charge >= 0.3 is 18.2 Å². The van der Waals surface area contributed by atoms with Gasteiger partial charge in [-0.3, -0.25) is 10.2 Å². The maximum absolute atomic E-state index is 13.7. The summed E-state index contributed by atoms with van der Waals surface area (Å²) < 4.78 is 56.4. The zero-order valence-electron chi connectivity index (χ0n) is 21.0. The number of benzene rings is 1. The van der Waals surface area contributed by atoms with E-state index in [1.807, 2.05) is 17.9 Å². The van der Waals surface area contributed by atoms with Crippen molar-refractivity contribution in [2.45, 2.75) is 20.0 Å². The number of ether oxygens (including phenoxy) is 3. The van der Waals surface area contributed by atoms with Crippen LogP contribution in [0.25, 0.3) is 0 Å². The summed E-state index contributed by atoms with van der Waals surface area (Å²) >= 11 is 0.